The fourth-order valence-electron chi connectivity index (χ4n) is 8.29. The van der Waals surface area contributed by atoms with Crippen molar-refractivity contribution < 1.29 is 48.3 Å². The number of aromatic amines is 1. The molecule has 1 amide bonds. The predicted octanol–water partition coefficient (Wildman–Crippen LogP) is 6.39. The quantitative estimate of drug-likeness (QED) is 0.0774. The monoisotopic (exact) mass is 797 g/mol. The molecule has 4 aromatic rings. The third kappa shape index (κ3) is 7.36. The Balaban J connectivity index is 1.58. The first kappa shape index (κ1) is 42.0. The van der Waals surface area contributed by atoms with Crippen molar-refractivity contribution in [1.29, 1.82) is 0 Å². The summed E-state index contributed by atoms with van der Waals surface area (Å²) in [5.74, 6) is -6.10. The Morgan fingerprint density at radius 3 is 2.33 bits per heavy atom. The summed E-state index contributed by atoms with van der Waals surface area (Å²) in [4.78, 5) is 63.1. The van der Waals surface area contributed by atoms with Gasteiger partial charge < -0.3 is 44.2 Å². The minimum absolute atomic E-state index is 0.0236. The Kier molecular flexibility index (Phi) is 11.9. The van der Waals surface area contributed by atoms with Crippen molar-refractivity contribution in [3.05, 3.63) is 81.8 Å². The molecular weight excluding hydrogens is 746 g/mol. The molecular formula is C44H51N3O11. The zero-order chi connectivity index (χ0) is 42.4. The number of esters is 1. The minimum Gasteiger partial charge on any atom is -0.505 e. The molecule has 3 aliphatic heterocycles. The second-order valence-corrected chi connectivity index (χ2v) is 15.5. The number of carbonyl (C=O) groups excluding carboxylic acids is 3. The van der Waals surface area contributed by atoms with Crippen LogP contribution in [0.3, 0.4) is 0 Å². The van der Waals surface area contributed by atoms with Crippen LogP contribution in [0.1, 0.15) is 64.4 Å². The van der Waals surface area contributed by atoms with Crippen molar-refractivity contribution in [1.82, 2.24) is 9.97 Å². The molecule has 4 N–H and O–H groups in total. The smallest absolute Gasteiger partial charge is 0.312 e. The fourth-order valence-corrected chi connectivity index (χ4v) is 8.29. The maximum absolute atomic E-state index is 14.6. The van der Waals surface area contributed by atoms with Crippen molar-refractivity contribution in [3.63, 3.8) is 0 Å². The number of phenolic OH excluding ortho intramolecular Hbond substituents is 1. The van der Waals surface area contributed by atoms with Crippen LogP contribution in [0.15, 0.2) is 65.2 Å². The first-order valence-corrected chi connectivity index (χ1v) is 19.2. The predicted molar refractivity (Wildman–Crippen MR) is 219 cm³/mol. The van der Waals surface area contributed by atoms with Gasteiger partial charge in [0, 0.05) is 68.3 Å². The van der Waals surface area contributed by atoms with E-state index < -0.39 is 82.7 Å². The van der Waals surface area contributed by atoms with E-state index in [1.807, 2.05) is 27.7 Å². The highest BCUT2D eigenvalue weighted by Gasteiger charge is 2.49. The molecule has 0 unspecified atom stereocenters. The number of aliphatic hydroxyl groups is 1. The summed E-state index contributed by atoms with van der Waals surface area (Å²) in [6.45, 7) is 13.2. The van der Waals surface area contributed by atoms with E-state index in [1.54, 1.807) is 55.5 Å². The van der Waals surface area contributed by atoms with E-state index in [9.17, 15) is 29.4 Å². The topological polar surface area (TPSA) is 196 Å². The molecule has 4 heterocycles. The molecule has 0 saturated heterocycles. The van der Waals surface area contributed by atoms with Crippen LogP contribution < -0.4 is 15.5 Å². The summed E-state index contributed by atoms with van der Waals surface area (Å²) in [5, 5.41) is 26.0. The average Bonchev–Trinajstić information content (AvgIpc) is 3.46. The summed E-state index contributed by atoms with van der Waals surface area (Å²) in [5.41, 5.74) is 0.861. The van der Waals surface area contributed by atoms with Crippen molar-refractivity contribution in [2.45, 2.75) is 85.6 Å². The largest absolute Gasteiger partial charge is 0.505 e. The Morgan fingerprint density at radius 2 is 1.66 bits per heavy atom. The van der Waals surface area contributed by atoms with Crippen LogP contribution >= 0.6 is 0 Å². The number of para-hydroxylation sites is 2. The van der Waals surface area contributed by atoms with E-state index in [0.29, 0.717) is 11.0 Å². The van der Waals surface area contributed by atoms with Crippen LogP contribution in [0, 0.1) is 30.6 Å². The first-order chi connectivity index (χ1) is 27.4. The van der Waals surface area contributed by atoms with Crippen molar-refractivity contribution >= 4 is 56.2 Å². The second-order valence-electron chi connectivity index (χ2n) is 15.5. The summed E-state index contributed by atoms with van der Waals surface area (Å²) in [7, 11) is 3.02. The molecule has 3 aliphatic rings. The number of fused-ring (bicyclic) bond motifs is 14. The van der Waals surface area contributed by atoms with Gasteiger partial charge in [-0.25, -0.2) is 4.98 Å². The molecule has 0 saturated carbocycles. The van der Waals surface area contributed by atoms with Gasteiger partial charge in [0.25, 0.3) is 11.7 Å². The Morgan fingerprint density at radius 1 is 0.948 bits per heavy atom. The van der Waals surface area contributed by atoms with E-state index in [1.165, 1.54) is 41.3 Å². The lowest BCUT2D eigenvalue weighted by molar-refractivity contribution is -0.162. The molecule has 9 atom stereocenters. The van der Waals surface area contributed by atoms with Crippen molar-refractivity contribution in [2.75, 3.05) is 19.5 Å². The summed E-state index contributed by atoms with van der Waals surface area (Å²) in [6.07, 6.45) is 4.87. The number of anilines is 1. The van der Waals surface area contributed by atoms with Gasteiger partial charge in [-0.3, -0.25) is 19.2 Å². The number of aromatic hydroxyl groups is 1. The van der Waals surface area contributed by atoms with E-state index in [0.717, 1.165) is 0 Å². The minimum atomic E-state index is -1.98. The number of carbonyl (C=O) groups is 3. The average molecular weight is 798 g/mol. The molecule has 0 fully saturated rings. The number of rotatable bonds is 3. The number of amides is 1. The van der Waals surface area contributed by atoms with Crippen LogP contribution in [0.4, 0.5) is 5.69 Å². The summed E-state index contributed by atoms with van der Waals surface area (Å²) in [6, 6.07) is 7.08. The fraction of sp³-hybridized carbons (Fsp3) is 0.432. The van der Waals surface area contributed by atoms with Crippen LogP contribution in [-0.2, 0) is 28.5 Å². The number of hydrogen-bond acceptors (Lipinski definition) is 12. The maximum Gasteiger partial charge on any atom is 0.312 e. The Hall–Kier alpha value is -5.57. The third-order valence-corrected chi connectivity index (χ3v) is 11.6. The van der Waals surface area contributed by atoms with Gasteiger partial charge in [-0.05, 0) is 32.1 Å². The highest BCUT2D eigenvalue weighted by molar-refractivity contribution is 6.27. The van der Waals surface area contributed by atoms with Gasteiger partial charge in [0.1, 0.15) is 17.5 Å². The molecule has 14 nitrogen and oxygen atoms in total. The SMILES string of the molecule is CO[C@H]1[C@@H](C)[C@H](OC(C)=O)[C@H](C)[C@@H](OC)/C=C/O[C@@]2(C)Oc3c(C)c(=O)c4c(O)c(c5[nH]c6ccccc6nc5c4c3C2=O)NC(=O)/C(C)=C\C=C\[C@H](C)[C@H](O)[C@H]1C. The number of phenols is 1. The third-order valence-electron chi connectivity index (χ3n) is 11.6. The number of Topliss-reactive ketones (excluding diaryl/α,β-unsaturated/α-hetero) is 1. The zero-order valence-electron chi connectivity index (χ0n) is 34.3. The molecule has 7 rings (SSSR count). The van der Waals surface area contributed by atoms with E-state index in [4.69, 9.17) is 28.7 Å². The zero-order valence-corrected chi connectivity index (χ0v) is 34.3. The molecule has 5 bridgehead atoms. The number of aromatic nitrogens is 2. The van der Waals surface area contributed by atoms with E-state index in [2.05, 4.69) is 10.3 Å². The lowest BCUT2D eigenvalue weighted by Crippen LogP contribution is -2.47. The van der Waals surface area contributed by atoms with Gasteiger partial charge in [-0.1, -0.05) is 58.1 Å². The molecule has 3 aromatic carbocycles. The molecule has 0 aliphatic carbocycles. The van der Waals surface area contributed by atoms with Crippen molar-refractivity contribution in [3.8, 4) is 11.5 Å². The number of benzene rings is 3. The number of ketones is 1. The number of allylic oxidation sites excluding steroid dienone is 2. The number of H-pyrrole nitrogens is 1. The van der Waals surface area contributed by atoms with Gasteiger partial charge in [0.15, 0.2) is 11.2 Å². The maximum atomic E-state index is 14.6. The Bertz CT molecular complexity index is 2450. The van der Waals surface area contributed by atoms with Gasteiger partial charge in [0.05, 0.1) is 57.6 Å². The number of ether oxygens (including phenoxy) is 5. The number of hydrogen-bond donors (Lipinski definition) is 4. The van der Waals surface area contributed by atoms with Gasteiger partial charge >= 0.3 is 11.8 Å². The molecule has 14 heteroatoms. The molecule has 58 heavy (non-hydrogen) atoms. The molecule has 0 spiro atoms. The lowest BCUT2D eigenvalue weighted by Gasteiger charge is -2.39. The van der Waals surface area contributed by atoms with Crippen molar-refractivity contribution in [2.24, 2.45) is 23.7 Å². The second kappa shape index (κ2) is 16.4. The van der Waals surface area contributed by atoms with Crippen LogP contribution in [0.25, 0.3) is 32.8 Å². The van der Waals surface area contributed by atoms with Gasteiger partial charge in [-0.15, -0.1) is 0 Å². The molecule has 1 aromatic heterocycles. The van der Waals surface area contributed by atoms with E-state index >= 15 is 0 Å². The van der Waals surface area contributed by atoms with Crippen LogP contribution in [0.5, 0.6) is 11.5 Å². The summed E-state index contributed by atoms with van der Waals surface area (Å²) < 4.78 is 30.0. The number of nitrogens with zero attached hydrogens (tertiary/aromatic N) is 1. The highest BCUT2D eigenvalue weighted by Crippen LogP contribution is 2.48. The normalized spacial score (nSPS) is 30.4. The molecule has 308 valence electrons. The number of aliphatic hydroxyl groups excluding tert-OH is 1. The van der Waals surface area contributed by atoms with Crippen LogP contribution in [-0.4, -0.2) is 82.3 Å². The highest BCUT2D eigenvalue weighted by atomic mass is 16.7. The number of nitrogens with one attached hydrogen (secondary N) is 2. The molecule has 0 radical (unpaired) electrons. The van der Waals surface area contributed by atoms with E-state index in [-0.39, 0.29) is 49.9 Å². The van der Waals surface area contributed by atoms with Crippen LogP contribution in [0.2, 0.25) is 0 Å². The Labute approximate surface area is 335 Å². The lowest BCUT2D eigenvalue weighted by atomic mass is 9.78. The van der Waals surface area contributed by atoms with Gasteiger partial charge in [0.2, 0.25) is 0 Å². The first-order valence-electron chi connectivity index (χ1n) is 19.2. The number of methoxy groups -OCH3 is 2. The van der Waals surface area contributed by atoms with Gasteiger partial charge in [-0.2, -0.15) is 0 Å². The summed E-state index contributed by atoms with van der Waals surface area (Å²) >= 11 is 0. The standard InChI is InChI=1S/C44H51N3O11/c1-20-14-13-15-21(2)43(53)47-35-34-33(45-27-16-11-12-17-28(27)46-34)30-31(38(35)51)37(50)24(5)41-32(30)42(52)44(8,58-41)56-19-18-29(54-9)22(3)40(57-26(7)48)25(6)39(55-10)23(4)36(20)49/h11-20,22-23,25,29,36,39-40,46,49,51H,1-10H3,(H,47,53)/b14-13+,19-18+,21-15-/t20-,22+,23+,25+,29-,36-,39+,40+,44-/m0/s1.